The first kappa shape index (κ1) is 17.9. The summed E-state index contributed by atoms with van der Waals surface area (Å²) in [6, 6.07) is 10.4. The number of ether oxygens (including phenoxy) is 2. The van der Waals surface area contributed by atoms with E-state index in [0.29, 0.717) is 45.4 Å². The number of nitrogens with one attached hydrogen (secondary N) is 1. The van der Waals surface area contributed by atoms with Crippen molar-refractivity contribution in [3.8, 4) is 0 Å². The van der Waals surface area contributed by atoms with Crippen LogP contribution in [0.5, 0.6) is 0 Å². The van der Waals surface area contributed by atoms with Gasteiger partial charge in [0.05, 0.1) is 19.8 Å². The van der Waals surface area contributed by atoms with E-state index in [2.05, 4.69) is 17.4 Å². The molecule has 1 aromatic carbocycles. The molecule has 0 radical (unpaired) electrons. The molecule has 128 valence electrons. The van der Waals surface area contributed by atoms with Crippen LogP contribution in [0.4, 0.5) is 0 Å². The molecule has 1 aliphatic heterocycles. The number of hydrogen-bond donors (Lipinski definition) is 1. The first-order chi connectivity index (χ1) is 11.3. The highest BCUT2D eigenvalue weighted by Gasteiger charge is 2.21. The summed E-state index contributed by atoms with van der Waals surface area (Å²) in [5.74, 6) is 0.198. The summed E-state index contributed by atoms with van der Waals surface area (Å²) in [7, 11) is 1.66. The number of methoxy groups -OCH3 is 1. The van der Waals surface area contributed by atoms with Crippen molar-refractivity contribution in [1.82, 2.24) is 10.2 Å². The summed E-state index contributed by atoms with van der Waals surface area (Å²) in [6.45, 7) is 3.97. The Morgan fingerprint density at radius 2 is 2.09 bits per heavy atom. The molecule has 1 saturated heterocycles. The molecule has 1 aliphatic rings. The third kappa shape index (κ3) is 6.69. The number of carbonyl (C=O) groups is 1. The molecule has 0 saturated carbocycles. The van der Waals surface area contributed by atoms with Crippen molar-refractivity contribution < 1.29 is 14.3 Å². The molecule has 0 spiro atoms. The van der Waals surface area contributed by atoms with Gasteiger partial charge in [0.25, 0.3) is 0 Å². The normalized spacial score (nSPS) is 17.3. The van der Waals surface area contributed by atoms with Gasteiger partial charge in [0, 0.05) is 32.7 Å². The van der Waals surface area contributed by atoms with Gasteiger partial charge in [-0.15, -0.1) is 0 Å². The lowest BCUT2D eigenvalue weighted by Crippen LogP contribution is -2.37. The summed E-state index contributed by atoms with van der Waals surface area (Å²) in [5.41, 5.74) is 1.15. The molecule has 2 rings (SSSR count). The van der Waals surface area contributed by atoms with E-state index in [1.165, 1.54) is 0 Å². The predicted molar refractivity (Wildman–Crippen MR) is 90.2 cm³/mol. The standard InChI is InChI=1S/C18H28N2O3/c1-22-12-13-23-11-10-20(15-16-6-3-2-4-7-16)18(21)14-17-8-5-9-19-17/h2-4,6-7,17,19H,5,8-15H2,1H3. The summed E-state index contributed by atoms with van der Waals surface area (Å²) < 4.78 is 10.5. The van der Waals surface area contributed by atoms with Crippen molar-refractivity contribution in [2.45, 2.75) is 31.8 Å². The summed E-state index contributed by atoms with van der Waals surface area (Å²) in [6.07, 6.45) is 2.83. The number of nitrogens with zero attached hydrogens (tertiary/aromatic N) is 1. The zero-order valence-corrected chi connectivity index (χ0v) is 14.0. The molecule has 1 unspecified atom stereocenters. The van der Waals surface area contributed by atoms with E-state index in [9.17, 15) is 4.79 Å². The first-order valence-electron chi connectivity index (χ1n) is 8.41. The lowest BCUT2D eigenvalue weighted by atomic mass is 10.1. The largest absolute Gasteiger partial charge is 0.382 e. The van der Waals surface area contributed by atoms with E-state index in [0.717, 1.165) is 24.9 Å². The van der Waals surface area contributed by atoms with Crippen LogP contribution < -0.4 is 5.32 Å². The third-order valence-corrected chi connectivity index (χ3v) is 4.09. The molecule has 23 heavy (non-hydrogen) atoms. The van der Waals surface area contributed by atoms with Crippen LogP contribution in [0.15, 0.2) is 30.3 Å². The minimum absolute atomic E-state index is 0.198. The van der Waals surface area contributed by atoms with Gasteiger partial charge in [-0.05, 0) is 24.9 Å². The van der Waals surface area contributed by atoms with Crippen molar-refractivity contribution >= 4 is 5.91 Å². The second-order valence-electron chi connectivity index (χ2n) is 5.90. The minimum Gasteiger partial charge on any atom is -0.382 e. The van der Waals surface area contributed by atoms with Gasteiger partial charge in [-0.3, -0.25) is 4.79 Å². The third-order valence-electron chi connectivity index (χ3n) is 4.09. The van der Waals surface area contributed by atoms with Crippen molar-refractivity contribution in [2.24, 2.45) is 0 Å². The average molecular weight is 320 g/mol. The Hall–Kier alpha value is -1.43. The molecule has 1 amide bonds. The molecule has 1 heterocycles. The predicted octanol–water partition coefficient (Wildman–Crippen LogP) is 1.82. The van der Waals surface area contributed by atoms with E-state index in [-0.39, 0.29) is 5.91 Å². The van der Waals surface area contributed by atoms with Crippen LogP contribution in [0.1, 0.15) is 24.8 Å². The zero-order chi connectivity index (χ0) is 16.3. The average Bonchev–Trinajstić information content (AvgIpc) is 3.07. The summed E-state index contributed by atoms with van der Waals surface area (Å²) in [4.78, 5) is 14.5. The van der Waals surface area contributed by atoms with Crippen LogP contribution in [0.25, 0.3) is 0 Å². The molecule has 1 fully saturated rings. The molecule has 5 nitrogen and oxygen atoms in total. The Morgan fingerprint density at radius 1 is 1.26 bits per heavy atom. The second-order valence-corrected chi connectivity index (χ2v) is 5.90. The molecule has 1 atom stereocenters. The molecular formula is C18H28N2O3. The van der Waals surface area contributed by atoms with Crippen LogP contribution in [-0.2, 0) is 20.8 Å². The van der Waals surface area contributed by atoms with Gasteiger partial charge in [0.1, 0.15) is 0 Å². The van der Waals surface area contributed by atoms with E-state index in [4.69, 9.17) is 9.47 Å². The van der Waals surface area contributed by atoms with Gasteiger partial charge in [0.15, 0.2) is 0 Å². The lowest BCUT2D eigenvalue weighted by Gasteiger charge is -2.24. The number of benzene rings is 1. The van der Waals surface area contributed by atoms with E-state index in [1.54, 1.807) is 7.11 Å². The molecule has 0 bridgehead atoms. The molecule has 0 aliphatic carbocycles. The van der Waals surface area contributed by atoms with Crippen molar-refractivity contribution in [2.75, 3.05) is 40.0 Å². The van der Waals surface area contributed by atoms with Gasteiger partial charge >= 0.3 is 0 Å². The Balaban J connectivity index is 1.85. The Kier molecular flexibility index (Phi) is 8.07. The fraction of sp³-hybridized carbons (Fsp3) is 0.611. The van der Waals surface area contributed by atoms with Crippen LogP contribution >= 0.6 is 0 Å². The monoisotopic (exact) mass is 320 g/mol. The maximum absolute atomic E-state index is 12.6. The van der Waals surface area contributed by atoms with Gasteiger partial charge in [-0.25, -0.2) is 0 Å². The van der Waals surface area contributed by atoms with Crippen LogP contribution in [0.3, 0.4) is 0 Å². The smallest absolute Gasteiger partial charge is 0.224 e. The Labute approximate surface area is 139 Å². The highest BCUT2D eigenvalue weighted by atomic mass is 16.5. The number of amides is 1. The van der Waals surface area contributed by atoms with Crippen molar-refractivity contribution in [3.63, 3.8) is 0 Å². The molecule has 1 N–H and O–H groups in total. The fourth-order valence-corrected chi connectivity index (χ4v) is 2.79. The number of carbonyl (C=O) groups excluding carboxylic acids is 1. The SMILES string of the molecule is COCCOCCN(Cc1ccccc1)C(=O)CC1CCCN1. The zero-order valence-electron chi connectivity index (χ0n) is 14.0. The maximum Gasteiger partial charge on any atom is 0.224 e. The number of rotatable bonds is 10. The van der Waals surface area contributed by atoms with Gasteiger partial charge in [-0.2, -0.15) is 0 Å². The van der Waals surface area contributed by atoms with Crippen LogP contribution in [-0.4, -0.2) is 56.9 Å². The molecule has 5 heteroatoms. The quantitative estimate of drug-likeness (QED) is 0.668. The van der Waals surface area contributed by atoms with Gasteiger partial charge in [0.2, 0.25) is 5.91 Å². The van der Waals surface area contributed by atoms with Crippen LogP contribution in [0.2, 0.25) is 0 Å². The van der Waals surface area contributed by atoms with Crippen molar-refractivity contribution in [1.29, 1.82) is 0 Å². The second kappa shape index (κ2) is 10.4. The van der Waals surface area contributed by atoms with E-state index in [1.807, 2.05) is 23.1 Å². The maximum atomic E-state index is 12.6. The Morgan fingerprint density at radius 3 is 2.78 bits per heavy atom. The fourth-order valence-electron chi connectivity index (χ4n) is 2.79. The highest BCUT2D eigenvalue weighted by molar-refractivity contribution is 5.76. The first-order valence-corrected chi connectivity index (χ1v) is 8.41. The Bertz CT molecular complexity index is 447. The number of hydrogen-bond acceptors (Lipinski definition) is 4. The van der Waals surface area contributed by atoms with E-state index >= 15 is 0 Å². The molecule has 1 aromatic rings. The molecule has 0 aromatic heterocycles. The van der Waals surface area contributed by atoms with Gasteiger partial charge in [-0.1, -0.05) is 30.3 Å². The van der Waals surface area contributed by atoms with Crippen molar-refractivity contribution in [3.05, 3.63) is 35.9 Å². The highest BCUT2D eigenvalue weighted by Crippen LogP contribution is 2.12. The lowest BCUT2D eigenvalue weighted by molar-refractivity contribution is -0.133. The molecular weight excluding hydrogens is 292 g/mol. The summed E-state index contributed by atoms with van der Waals surface area (Å²) in [5, 5.41) is 3.39. The topological polar surface area (TPSA) is 50.8 Å². The van der Waals surface area contributed by atoms with E-state index < -0.39 is 0 Å². The summed E-state index contributed by atoms with van der Waals surface area (Å²) >= 11 is 0. The van der Waals surface area contributed by atoms with Crippen LogP contribution in [0, 0.1) is 0 Å². The minimum atomic E-state index is 0.198. The van der Waals surface area contributed by atoms with Gasteiger partial charge < -0.3 is 19.7 Å².